The molecular formula is C20H12N2. The molecule has 22 heavy (non-hydrogen) atoms. The quantitative estimate of drug-likeness (QED) is 0.369. The number of nitrogens with zero attached hydrogens (tertiary/aromatic N) is 2. The van der Waals surface area contributed by atoms with Gasteiger partial charge in [0, 0.05) is 21.5 Å². The Morgan fingerprint density at radius 1 is 0.409 bits per heavy atom. The van der Waals surface area contributed by atoms with E-state index in [0.29, 0.717) is 0 Å². The van der Waals surface area contributed by atoms with E-state index in [2.05, 4.69) is 36.4 Å². The third-order valence-electron chi connectivity index (χ3n) is 4.15. The molecule has 0 fully saturated rings. The maximum atomic E-state index is 4.77. The van der Waals surface area contributed by atoms with Crippen LogP contribution in [0.15, 0.2) is 72.8 Å². The van der Waals surface area contributed by atoms with Gasteiger partial charge in [0.05, 0.1) is 22.1 Å². The van der Waals surface area contributed by atoms with Gasteiger partial charge in [-0.1, -0.05) is 36.4 Å². The average molecular weight is 280 g/mol. The molecule has 2 heteroatoms. The summed E-state index contributed by atoms with van der Waals surface area (Å²) in [7, 11) is 0. The van der Waals surface area contributed by atoms with Crippen molar-refractivity contribution >= 4 is 43.6 Å². The van der Waals surface area contributed by atoms with E-state index in [1.54, 1.807) is 0 Å². The van der Waals surface area contributed by atoms with Crippen LogP contribution in [0.3, 0.4) is 0 Å². The van der Waals surface area contributed by atoms with Crippen molar-refractivity contribution in [3.8, 4) is 0 Å². The summed E-state index contributed by atoms with van der Waals surface area (Å²) in [5.41, 5.74) is 4.04. The van der Waals surface area contributed by atoms with Crippen LogP contribution in [0.5, 0.6) is 0 Å². The predicted molar refractivity (Wildman–Crippen MR) is 92.1 cm³/mol. The van der Waals surface area contributed by atoms with Crippen LogP contribution >= 0.6 is 0 Å². The van der Waals surface area contributed by atoms with Gasteiger partial charge in [-0.2, -0.15) is 0 Å². The Morgan fingerprint density at radius 2 is 0.864 bits per heavy atom. The Morgan fingerprint density at radius 3 is 1.41 bits per heavy atom. The summed E-state index contributed by atoms with van der Waals surface area (Å²) in [5, 5.41) is 4.65. The molecule has 5 aromatic rings. The lowest BCUT2D eigenvalue weighted by molar-refractivity contribution is 1.47. The minimum absolute atomic E-state index is 0.994. The number of hydrogen-bond donors (Lipinski definition) is 0. The molecule has 5 rings (SSSR count). The van der Waals surface area contributed by atoms with Crippen molar-refractivity contribution in [2.45, 2.75) is 0 Å². The second kappa shape index (κ2) is 4.25. The van der Waals surface area contributed by atoms with Gasteiger partial charge in [-0.25, -0.2) is 9.97 Å². The van der Waals surface area contributed by atoms with Crippen molar-refractivity contribution in [1.82, 2.24) is 9.97 Å². The Labute approximate surface area is 127 Å². The largest absolute Gasteiger partial charge is 0.248 e. The van der Waals surface area contributed by atoms with Crippen molar-refractivity contribution in [2.75, 3.05) is 0 Å². The topological polar surface area (TPSA) is 25.8 Å². The van der Waals surface area contributed by atoms with E-state index in [-0.39, 0.29) is 0 Å². The molecule has 0 unspecified atom stereocenters. The highest BCUT2D eigenvalue weighted by Gasteiger charge is 2.04. The number of benzene rings is 3. The minimum atomic E-state index is 0.994. The Kier molecular flexibility index (Phi) is 2.25. The van der Waals surface area contributed by atoms with Gasteiger partial charge in [-0.3, -0.25) is 0 Å². The minimum Gasteiger partial charge on any atom is -0.248 e. The molecule has 0 saturated heterocycles. The van der Waals surface area contributed by atoms with Gasteiger partial charge in [-0.05, 0) is 36.4 Å². The van der Waals surface area contributed by atoms with E-state index in [1.807, 2.05) is 36.4 Å². The molecule has 102 valence electrons. The van der Waals surface area contributed by atoms with Crippen LogP contribution in [0.25, 0.3) is 43.6 Å². The molecule has 2 heterocycles. The van der Waals surface area contributed by atoms with E-state index < -0.39 is 0 Å². The number of pyridine rings is 2. The lowest BCUT2D eigenvalue weighted by Gasteiger charge is -2.05. The van der Waals surface area contributed by atoms with E-state index in [1.165, 1.54) is 10.8 Å². The average Bonchev–Trinajstić information content (AvgIpc) is 2.56. The highest BCUT2D eigenvalue weighted by atomic mass is 14.7. The number of fused-ring (bicyclic) bond motifs is 4. The Bertz CT molecular complexity index is 992. The molecule has 0 spiro atoms. The summed E-state index contributed by atoms with van der Waals surface area (Å²) in [6.07, 6.45) is 0. The van der Waals surface area contributed by atoms with Crippen LogP contribution in [0.4, 0.5) is 0 Å². The fraction of sp³-hybridized carbons (Fsp3) is 0. The predicted octanol–water partition coefficient (Wildman–Crippen LogP) is 5.09. The molecule has 0 amide bonds. The first-order valence-corrected chi connectivity index (χ1v) is 7.36. The summed E-state index contributed by atoms with van der Waals surface area (Å²) < 4.78 is 0. The molecule has 0 saturated carbocycles. The molecular weight excluding hydrogens is 268 g/mol. The van der Waals surface area contributed by atoms with E-state index in [9.17, 15) is 0 Å². The second-order valence-electron chi connectivity index (χ2n) is 5.60. The maximum Gasteiger partial charge on any atom is 0.0731 e. The summed E-state index contributed by atoms with van der Waals surface area (Å²) in [4.78, 5) is 9.54. The van der Waals surface area contributed by atoms with Crippen molar-refractivity contribution in [3.63, 3.8) is 0 Å². The highest BCUT2D eigenvalue weighted by Crippen LogP contribution is 2.26. The molecule has 0 radical (unpaired) electrons. The Balaban J connectivity index is 1.93. The van der Waals surface area contributed by atoms with Crippen LogP contribution in [0, 0.1) is 0 Å². The smallest absolute Gasteiger partial charge is 0.0731 e. The third kappa shape index (κ3) is 1.67. The second-order valence-corrected chi connectivity index (χ2v) is 5.60. The van der Waals surface area contributed by atoms with E-state index in [0.717, 1.165) is 32.8 Å². The molecule has 0 aliphatic heterocycles. The van der Waals surface area contributed by atoms with Crippen LogP contribution in [0.1, 0.15) is 0 Å². The van der Waals surface area contributed by atoms with Crippen LogP contribution in [-0.2, 0) is 0 Å². The zero-order chi connectivity index (χ0) is 14.5. The first-order chi connectivity index (χ1) is 10.9. The highest BCUT2D eigenvalue weighted by molar-refractivity contribution is 6.02. The molecule has 0 bridgehead atoms. The molecule has 0 aliphatic rings. The molecule has 2 nitrogen and oxygen atoms in total. The third-order valence-corrected chi connectivity index (χ3v) is 4.15. The lowest BCUT2D eigenvalue weighted by atomic mass is 10.1. The zero-order valence-corrected chi connectivity index (χ0v) is 11.8. The standard InChI is InChI=1S/C20H12N2/c1-3-7-17-13(5-1)9-15-11-16-10-14-6-2-4-8-18(14)22-20(16)12-19(15)21-17/h1-12H. The van der Waals surface area contributed by atoms with Gasteiger partial charge in [0.1, 0.15) is 0 Å². The zero-order valence-electron chi connectivity index (χ0n) is 11.8. The lowest BCUT2D eigenvalue weighted by Crippen LogP contribution is -1.86. The van der Waals surface area contributed by atoms with Gasteiger partial charge in [0.15, 0.2) is 0 Å². The van der Waals surface area contributed by atoms with Gasteiger partial charge in [0.25, 0.3) is 0 Å². The number of hydrogen-bond acceptors (Lipinski definition) is 2. The summed E-state index contributed by atoms with van der Waals surface area (Å²) >= 11 is 0. The van der Waals surface area contributed by atoms with Crippen LogP contribution in [0.2, 0.25) is 0 Å². The van der Waals surface area contributed by atoms with Gasteiger partial charge < -0.3 is 0 Å². The molecule has 0 aliphatic carbocycles. The SMILES string of the molecule is c1ccc2nc3cc4nc5ccccc5cc4cc3cc2c1. The van der Waals surface area contributed by atoms with E-state index in [4.69, 9.17) is 9.97 Å². The fourth-order valence-corrected chi connectivity index (χ4v) is 3.05. The summed E-state index contributed by atoms with van der Waals surface area (Å²) in [6, 6.07) is 25.1. The fourth-order valence-electron chi connectivity index (χ4n) is 3.05. The van der Waals surface area contributed by atoms with Crippen LogP contribution < -0.4 is 0 Å². The van der Waals surface area contributed by atoms with E-state index >= 15 is 0 Å². The van der Waals surface area contributed by atoms with Gasteiger partial charge in [0.2, 0.25) is 0 Å². The number of rotatable bonds is 0. The molecule has 0 atom stereocenters. The van der Waals surface area contributed by atoms with Gasteiger partial charge >= 0.3 is 0 Å². The Hall–Kier alpha value is -3.00. The number of para-hydroxylation sites is 2. The molecule has 0 N–H and O–H groups in total. The first kappa shape index (κ1) is 11.6. The van der Waals surface area contributed by atoms with Crippen molar-refractivity contribution in [3.05, 3.63) is 72.8 Å². The van der Waals surface area contributed by atoms with Crippen molar-refractivity contribution in [2.24, 2.45) is 0 Å². The normalized spacial score (nSPS) is 11.6. The van der Waals surface area contributed by atoms with Crippen molar-refractivity contribution < 1.29 is 0 Å². The monoisotopic (exact) mass is 280 g/mol. The molecule has 3 aromatic carbocycles. The first-order valence-electron chi connectivity index (χ1n) is 7.36. The van der Waals surface area contributed by atoms with Crippen molar-refractivity contribution in [1.29, 1.82) is 0 Å². The summed E-state index contributed by atoms with van der Waals surface area (Å²) in [6.45, 7) is 0. The number of aromatic nitrogens is 2. The summed E-state index contributed by atoms with van der Waals surface area (Å²) in [5.74, 6) is 0. The van der Waals surface area contributed by atoms with Gasteiger partial charge in [-0.15, -0.1) is 0 Å². The molecule has 2 aromatic heterocycles. The maximum absolute atomic E-state index is 4.77. The van der Waals surface area contributed by atoms with Crippen LogP contribution in [-0.4, -0.2) is 9.97 Å².